The van der Waals surface area contributed by atoms with E-state index in [1.165, 1.54) is 9.66 Å². The number of hydrogen-bond acceptors (Lipinski definition) is 0. The Balaban J connectivity index is 3.07. The summed E-state index contributed by atoms with van der Waals surface area (Å²) in [5, 5.41) is 1.54. The van der Waals surface area contributed by atoms with E-state index in [-0.39, 0.29) is 0 Å². The van der Waals surface area contributed by atoms with Crippen LogP contribution in [0.1, 0.15) is 13.8 Å². The molecule has 0 radical (unpaired) electrons. The molecule has 0 atom stereocenters. The first-order valence-corrected chi connectivity index (χ1v) is 8.57. The van der Waals surface area contributed by atoms with Gasteiger partial charge in [0, 0.05) is 4.47 Å². The van der Waals surface area contributed by atoms with Crippen molar-refractivity contribution in [3.8, 4) is 0 Å². The standard InChI is InChI=1S/C11H17BrSi/c1-9(2)13(3,4)11-7-5-6-10(12)8-11/h5-9H,1-4H3. The molecule has 0 spiro atoms. The highest BCUT2D eigenvalue weighted by Gasteiger charge is 2.27. The largest absolute Gasteiger partial charge is 0.0831 e. The van der Waals surface area contributed by atoms with E-state index in [1.54, 1.807) is 0 Å². The molecule has 0 fully saturated rings. The molecule has 1 rings (SSSR count). The Hall–Kier alpha value is -0.0831. The third-order valence-corrected chi connectivity index (χ3v) is 8.19. The molecule has 0 unspecified atom stereocenters. The topological polar surface area (TPSA) is 0 Å². The SMILES string of the molecule is CC(C)[Si](C)(C)c1cccc(Br)c1. The van der Waals surface area contributed by atoms with Crippen molar-refractivity contribution in [1.29, 1.82) is 0 Å². The zero-order valence-corrected chi connectivity index (χ0v) is 11.4. The highest BCUT2D eigenvalue weighted by molar-refractivity contribution is 9.10. The van der Waals surface area contributed by atoms with Gasteiger partial charge in [0.25, 0.3) is 0 Å². The molecule has 0 aliphatic rings. The van der Waals surface area contributed by atoms with E-state index >= 15 is 0 Å². The Kier molecular flexibility index (Phi) is 3.36. The Morgan fingerprint density at radius 2 is 1.85 bits per heavy atom. The van der Waals surface area contributed by atoms with Crippen LogP contribution in [0.5, 0.6) is 0 Å². The maximum absolute atomic E-state index is 3.53. The fourth-order valence-electron chi connectivity index (χ4n) is 1.22. The first-order chi connectivity index (χ1) is 5.94. The predicted octanol–water partition coefficient (Wildman–Crippen LogP) is 3.77. The van der Waals surface area contributed by atoms with Gasteiger partial charge in [-0.1, -0.05) is 60.2 Å². The van der Waals surface area contributed by atoms with Gasteiger partial charge in [-0.2, -0.15) is 0 Å². The lowest BCUT2D eigenvalue weighted by Gasteiger charge is -2.27. The lowest BCUT2D eigenvalue weighted by molar-refractivity contribution is 1.02. The van der Waals surface area contributed by atoms with Crippen LogP contribution in [0.4, 0.5) is 0 Å². The summed E-state index contributed by atoms with van der Waals surface area (Å²) in [6.45, 7) is 9.51. The smallest absolute Gasteiger partial charge is 0.0652 e. The van der Waals surface area contributed by atoms with Crippen LogP contribution >= 0.6 is 15.9 Å². The molecule has 0 saturated carbocycles. The Morgan fingerprint density at radius 3 is 2.31 bits per heavy atom. The molecule has 1 aromatic carbocycles. The second-order valence-electron chi connectivity index (χ2n) is 4.39. The van der Waals surface area contributed by atoms with Gasteiger partial charge in [-0.15, -0.1) is 0 Å². The molecule has 1 aromatic rings. The summed E-state index contributed by atoms with van der Waals surface area (Å²) in [4.78, 5) is 0. The third-order valence-electron chi connectivity index (χ3n) is 3.01. The Labute approximate surface area is 90.5 Å². The van der Waals surface area contributed by atoms with Gasteiger partial charge in [0.15, 0.2) is 0 Å². The van der Waals surface area contributed by atoms with Gasteiger partial charge in [0.1, 0.15) is 0 Å². The molecule has 13 heavy (non-hydrogen) atoms. The summed E-state index contributed by atoms with van der Waals surface area (Å²) in [6.07, 6.45) is 0. The van der Waals surface area contributed by atoms with Gasteiger partial charge in [-0.05, 0) is 17.7 Å². The molecular formula is C11H17BrSi. The molecule has 2 heteroatoms. The fourth-order valence-corrected chi connectivity index (χ4v) is 3.55. The van der Waals surface area contributed by atoms with E-state index in [0.29, 0.717) is 0 Å². The van der Waals surface area contributed by atoms with E-state index < -0.39 is 8.07 Å². The number of benzene rings is 1. The molecule has 0 N–H and O–H groups in total. The highest BCUT2D eigenvalue weighted by Crippen LogP contribution is 2.21. The maximum atomic E-state index is 3.53. The predicted molar refractivity (Wildman–Crippen MR) is 66.4 cm³/mol. The average molecular weight is 257 g/mol. The molecule has 0 aliphatic carbocycles. The lowest BCUT2D eigenvalue weighted by atomic mass is 10.4. The van der Waals surface area contributed by atoms with Gasteiger partial charge in [0.2, 0.25) is 0 Å². The van der Waals surface area contributed by atoms with Crippen molar-refractivity contribution in [2.75, 3.05) is 0 Å². The molecule has 0 heterocycles. The summed E-state index contributed by atoms with van der Waals surface area (Å²) in [7, 11) is -1.22. The zero-order valence-electron chi connectivity index (χ0n) is 8.76. The van der Waals surface area contributed by atoms with Crippen molar-refractivity contribution >= 4 is 29.2 Å². The van der Waals surface area contributed by atoms with Gasteiger partial charge in [-0.3, -0.25) is 0 Å². The molecular weight excluding hydrogens is 240 g/mol. The van der Waals surface area contributed by atoms with Crippen LogP contribution in [0.15, 0.2) is 28.7 Å². The van der Waals surface area contributed by atoms with Gasteiger partial charge in [0.05, 0.1) is 8.07 Å². The van der Waals surface area contributed by atoms with Crippen molar-refractivity contribution in [3.05, 3.63) is 28.7 Å². The zero-order chi connectivity index (χ0) is 10.1. The summed E-state index contributed by atoms with van der Waals surface area (Å²) in [5.41, 5.74) is 0.793. The molecule has 0 bridgehead atoms. The lowest BCUT2D eigenvalue weighted by Crippen LogP contribution is -2.44. The second kappa shape index (κ2) is 3.97. The van der Waals surface area contributed by atoms with Crippen molar-refractivity contribution in [1.82, 2.24) is 0 Å². The first kappa shape index (κ1) is 11.0. The quantitative estimate of drug-likeness (QED) is 0.707. The minimum atomic E-state index is -1.22. The Bertz CT molecular complexity index is 292. The second-order valence-corrected chi connectivity index (χ2v) is 10.5. The van der Waals surface area contributed by atoms with Crippen LogP contribution in [-0.2, 0) is 0 Å². The molecule has 0 saturated heterocycles. The van der Waals surface area contributed by atoms with Gasteiger partial charge >= 0.3 is 0 Å². The van der Waals surface area contributed by atoms with Crippen molar-refractivity contribution in [2.45, 2.75) is 32.5 Å². The van der Waals surface area contributed by atoms with Gasteiger partial charge < -0.3 is 0 Å². The van der Waals surface area contributed by atoms with Crippen molar-refractivity contribution in [3.63, 3.8) is 0 Å². The molecule has 0 aliphatic heterocycles. The van der Waals surface area contributed by atoms with Crippen LogP contribution in [0.25, 0.3) is 0 Å². The van der Waals surface area contributed by atoms with Crippen LogP contribution < -0.4 is 5.19 Å². The van der Waals surface area contributed by atoms with Crippen LogP contribution in [0.3, 0.4) is 0 Å². The molecule has 0 amide bonds. The summed E-state index contributed by atoms with van der Waals surface area (Å²) < 4.78 is 1.20. The average Bonchev–Trinajstić information content (AvgIpc) is 2.04. The summed E-state index contributed by atoms with van der Waals surface area (Å²) in [5.74, 6) is 0. The van der Waals surface area contributed by atoms with Crippen molar-refractivity contribution < 1.29 is 0 Å². The Morgan fingerprint density at radius 1 is 1.23 bits per heavy atom. The minimum absolute atomic E-state index is 0.793. The third kappa shape index (κ3) is 2.44. The molecule has 72 valence electrons. The van der Waals surface area contributed by atoms with Crippen molar-refractivity contribution in [2.24, 2.45) is 0 Å². The molecule has 0 nitrogen and oxygen atoms in total. The first-order valence-electron chi connectivity index (χ1n) is 4.70. The number of hydrogen-bond donors (Lipinski definition) is 0. The van der Waals surface area contributed by atoms with Crippen LogP contribution in [-0.4, -0.2) is 8.07 Å². The normalized spacial score (nSPS) is 12.2. The highest BCUT2D eigenvalue weighted by atomic mass is 79.9. The van der Waals surface area contributed by atoms with Gasteiger partial charge in [-0.25, -0.2) is 0 Å². The van der Waals surface area contributed by atoms with E-state index in [0.717, 1.165) is 5.54 Å². The minimum Gasteiger partial charge on any atom is -0.0652 e. The van der Waals surface area contributed by atoms with E-state index in [4.69, 9.17) is 0 Å². The summed E-state index contributed by atoms with van der Waals surface area (Å²) >= 11 is 3.53. The monoisotopic (exact) mass is 256 g/mol. The number of rotatable bonds is 2. The van der Waals surface area contributed by atoms with Crippen LogP contribution in [0.2, 0.25) is 18.6 Å². The fraction of sp³-hybridized carbons (Fsp3) is 0.455. The van der Waals surface area contributed by atoms with E-state index in [9.17, 15) is 0 Å². The maximum Gasteiger partial charge on any atom is 0.0831 e. The van der Waals surface area contributed by atoms with E-state index in [2.05, 4.69) is 67.1 Å². The number of halogens is 1. The molecule has 0 aromatic heterocycles. The summed E-state index contributed by atoms with van der Waals surface area (Å²) in [6, 6.07) is 8.76. The van der Waals surface area contributed by atoms with Crippen LogP contribution in [0, 0.1) is 0 Å². The van der Waals surface area contributed by atoms with E-state index in [1.807, 2.05) is 0 Å².